The molecule has 0 aliphatic carbocycles. The maximum Gasteiger partial charge on any atom is 0.160 e. The maximum absolute atomic E-state index is 5.11. The highest BCUT2D eigenvalue weighted by atomic mass is 15.1. The van der Waals surface area contributed by atoms with E-state index in [1.807, 2.05) is 0 Å². The summed E-state index contributed by atoms with van der Waals surface area (Å²) in [6.45, 7) is 8.50. The molecule has 0 saturated heterocycles. The highest BCUT2D eigenvalue weighted by molar-refractivity contribution is 6.12. The molecule has 2 aromatic heterocycles. The highest BCUT2D eigenvalue weighted by Crippen LogP contribution is 2.43. The van der Waals surface area contributed by atoms with Gasteiger partial charge in [0.05, 0.1) is 22.4 Å². The summed E-state index contributed by atoms with van der Waals surface area (Å²) >= 11 is 0. The van der Waals surface area contributed by atoms with E-state index in [0.717, 1.165) is 107 Å². The number of aryl methyl sites for hydroxylation is 4. The number of aromatic nitrogens is 3. The molecule has 2 heterocycles. The van der Waals surface area contributed by atoms with Gasteiger partial charge in [0, 0.05) is 67.3 Å². The van der Waals surface area contributed by atoms with Crippen LogP contribution in [0.4, 0.5) is 34.1 Å². The lowest BCUT2D eigenvalue weighted by molar-refractivity contribution is 1.18. The van der Waals surface area contributed by atoms with Crippen molar-refractivity contribution in [2.45, 2.75) is 27.7 Å². The van der Waals surface area contributed by atoms with Gasteiger partial charge in [-0.15, -0.1) is 0 Å². The molecule has 0 bridgehead atoms. The molecule has 0 aliphatic heterocycles. The van der Waals surface area contributed by atoms with E-state index in [0.29, 0.717) is 0 Å². The number of fused-ring (bicyclic) bond motifs is 3. The molecule has 5 heteroatoms. The molecule has 0 spiro atoms. The van der Waals surface area contributed by atoms with E-state index >= 15 is 0 Å². The number of rotatable bonds is 12. The van der Waals surface area contributed by atoms with Crippen LogP contribution in [0.3, 0.4) is 0 Å². The molecule has 0 amide bonds. The predicted molar refractivity (Wildman–Crippen MR) is 332 cm³/mol. The molecule has 13 aromatic rings. The Labute approximate surface area is 462 Å². The zero-order valence-electron chi connectivity index (χ0n) is 44.7. The van der Waals surface area contributed by atoms with Crippen molar-refractivity contribution < 1.29 is 0 Å². The normalized spacial score (nSPS) is 11.3. The average molecular weight is 1020 g/mol. The van der Waals surface area contributed by atoms with Gasteiger partial charge in [-0.2, -0.15) is 0 Å². The molecule has 5 nitrogen and oxygen atoms in total. The largest absolute Gasteiger partial charge is 0.310 e. The van der Waals surface area contributed by atoms with E-state index in [1.165, 1.54) is 33.0 Å². The minimum atomic E-state index is 0.720. The number of benzene rings is 11. The first-order valence-corrected chi connectivity index (χ1v) is 27.0. The molecule has 79 heavy (non-hydrogen) atoms. The fourth-order valence-corrected chi connectivity index (χ4v) is 10.9. The minimum absolute atomic E-state index is 0.720. The first-order valence-electron chi connectivity index (χ1n) is 27.0. The van der Waals surface area contributed by atoms with E-state index in [9.17, 15) is 0 Å². The Balaban J connectivity index is 0.847. The van der Waals surface area contributed by atoms with Crippen LogP contribution in [0.25, 0.3) is 83.6 Å². The van der Waals surface area contributed by atoms with E-state index in [-0.39, 0.29) is 0 Å². The zero-order valence-corrected chi connectivity index (χ0v) is 44.7. The summed E-state index contributed by atoms with van der Waals surface area (Å²) in [6.07, 6.45) is 0. The van der Waals surface area contributed by atoms with Crippen molar-refractivity contribution in [2.75, 3.05) is 9.80 Å². The molecule has 0 radical (unpaired) electrons. The van der Waals surface area contributed by atoms with Crippen LogP contribution in [0.5, 0.6) is 0 Å². The van der Waals surface area contributed by atoms with Crippen molar-refractivity contribution in [1.82, 2.24) is 14.5 Å². The third-order valence-electron chi connectivity index (χ3n) is 15.0. The Bertz CT molecular complexity index is 4090. The molecule has 0 unspecified atom stereocenters. The van der Waals surface area contributed by atoms with Gasteiger partial charge in [-0.3, -0.25) is 0 Å². The van der Waals surface area contributed by atoms with Gasteiger partial charge in [0.1, 0.15) is 0 Å². The first-order chi connectivity index (χ1) is 38.8. The van der Waals surface area contributed by atoms with E-state index in [4.69, 9.17) is 9.97 Å². The fourth-order valence-electron chi connectivity index (χ4n) is 10.9. The summed E-state index contributed by atoms with van der Waals surface area (Å²) in [5.74, 6) is 0.720. The minimum Gasteiger partial charge on any atom is -0.310 e. The predicted octanol–water partition coefficient (Wildman–Crippen LogP) is 20.1. The van der Waals surface area contributed by atoms with E-state index in [1.54, 1.807) is 0 Å². The lowest BCUT2D eigenvalue weighted by atomic mass is 9.98. The molecule has 0 atom stereocenters. The zero-order chi connectivity index (χ0) is 53.4. The van der Waals surface area contributed by atoms with Crippen molar-refractivity contribution in [3.63, 3.8) is 0 Å². The van der Waals surface area contributed by atoms with Gasteiger partial charge in [0.25, 0.3) is 0 Å². The van der Waals surface area contributed by atoms with E-state index < -0.39 is 0 Å². The van der Waals surface area contributed by atoms with Gasteiger partial charge in [0.15, 0.2) is 5.82 Å². The second-order valence-electron chi connectivity index (χ2n) is 20.7. The Morgan fingerprint density at radius 2 is 0.646 bits per heavy atom. The Kier molecular flexibility index (Phi) is 12.8. The van der Waals surface area contributed by atoms with Crippen LogP contribution in [0.1, 0.15) is 22.3 Å². The van der Waals surface area contributed by atoms with Gasteiger partial charge >= 0.3 is 0 Å². The Morgan fingerprint density at radius 3 is 1.10 bits per heavy atom. The van der Waals surface area contributed by atoms with Crippen LogP contribution in [-0.2, 0) is 0 Å². The summed E-state index contributed by atoms with van der Waals surface area (Å²) in [7, 11) is 0. The molecule has 0 aliphatic rings. The Hall–Kier alpha value is -10.1. The second-order valence-corrected chi connectivity index (χ2v) is 20.7. The Morgan fingerprint density at radius 1 is 0.266 bits per heavy atom. The van der Waals surface area contributed by atoms with Crippen LogP contribution in [-0.4, -0.2) is 14.5 Å². The molecular formula is C74H57N5. The average Bonchev–Trinajstić information content (AvgIpc) is 3.82. The van der Waals surface area contributed by atoms with Gasteiger partial charge in [-0.1, -0.05) is 180 Å². The van der Waals surface area contributed by atoms with Gasteiger partial charge in [0.2, 0.25) is 0 Å². The monoisotopic (exact) mass is 1020 g/mol. The number of para-hydroxylation sites is 2. The van der Waals surface area contributed by atoms with Crippen LogP contribution < -0.4 is 9.80 Å². The molecule has 0 saturated carbocycles. The third-order valence-corrected chi connectivity index (χ3v) is 15.0. The van der Waals surface area contributed by atoms with Crippen LogP contribution in [0.15, 0.2) is 273 Å². The second kappa shape index (κ2) is 20.8. The fraction of sp³-hybridized carbons (Fsp3) is 0.0541. The number of hydrogen-bond acceptors (Lipinski definition) is 4. The lowest BCUT2D eigenvalue weighted by Crippen LogP contribution is -2.10. The van der Waals surface area contributed by atoms with Crippen LogP contribution in [0, 0.1) is 27.7 Å². The smallest absolute Gasteiger partial charge is 0.160 e. The van der Waals surface area contributed by atoms with Crippen LogP contribution >= 0.6 is 0 Å². The van der Waals surface area contributed by atoms with Crippen molar-refractivity contribution >= 4 is 55.9 Å². The molecule has 0 N–H and O–H groups in total. The number of hydrogen-bond donors (Lipinski definition) is 0. The molecule has 13 rings (SSSR count). The summed E-state index contributed by atoms with van der Waals surface area (Å²) in [5, 5.41) is 2.34. The SMILES string of the molecule is Cc1ccc(N(c2ccccc2)c2ccc3c(c2)c2cc(N(c4ccccc4)c4ccc(C)cc4)ccc2n3-c2ccc(-c3ccc(-c4ccc(-c5cc(-c6cccc(C)c6)nc(-c6cccc(C)c6)n5)cc4)cc3)cc2)cc1. The summed E-state index contributed by atoms with van der Waals surface area (Å²) < 4.78 is 2.42. The summed E-state index contributed by atoms with van der Waals surface area (Å²) in [5.41, 5.74) is 24.3. The lowest BCUT2D eigenvalue weighted by Gasteiger charge is -2.26. The van der Waals surface area contributed by atoms with E-state index in [2.05, 4.69) is 315 Å². The molecule has 378 valence electrons. The van der Waals surface area contributed by atoms with Gasteiger partial charge in [-0.05, 0) is 165 Å². The molecule has 11 aromatic carbocycles. The number of anilines is 6. The van der Waals surface area contributed by atoms with Gasteiger partial charge < -0.3 is 14.4 Å². The summed E-state index contributed by atoms with van der Waals surface area (Å²) in [4.78, 5) is 14.9. The highest BCUT2D eigenvalue weighted by Gasteiger charge is 2.21. The maximum atomic E-state index is 5.11. The summed E-state index contributed by atoms with van der Waals surface area (Å²) in [6, 6.07) is 98.5. The standard InChI is InChI=1S/C74H57N5/c1-50-21-35-63(36-22-50)77(61-17-7-5-8-18-61)66-41-43-72-68(47-66)69-48-67(78(62-19-9-6-10-20-62)64-37-23-51(2)24-38-64)42-44-73(69)79(72)65-39-33-57(34-40-65)55-27-25-54(26-28-55)56-29-31-58(32-30-56)70-49-71(59-15-11-13-52(3)45-59)76-74(75-70)60-16-12-14-53(4)46-60/h5-49H,1-4H3. The first kappa shape index (κ1) is 48.5. The van der Waals surface area contributed by atoms with Crippen molar-refractivity contribution in [1.29, 1.82) is 0 Å². The number of nitrogens with zero attached hydrogens (tertiary/aromatic N) is 5. The van der Waals surface area contributed by atoms with Crippen molar-refractivity contribution in [3.8, 4) is 61.8 Å². The van der Waals surface area contributed by atoms with Crippen molar-refractivity contribution in [3.05, 3.63) is 295 Å². The molecule has 0 fully saturated rings. The third kappa shape index (κ3) is 9.75. The van der Waals surface area contributed by atoms with Crippen LogP contribution in [0.2, 0.25) is 0 Å². The quantitative estimate of drug-likeness (QED) is 0.122. The molecular weight excluding hydrogens is 959 g/mol. The van der Waals surface area contributed by atoms with Crippen molar-refractivity contribution in [2.24, 2.45) is 0 Å². The topological polar surface area (TPSA) is 37.2 Å². The van der Waals surface area contributed by atoms with Gasteiger partial charge in [-0.25, -0.2) is 9.97 Å².